The summed E-state index contributed by atoms with van der Waals surface area (Å²) in [6.07, 6.45) is -0.364. The molecule has 0 aromatic heterocycles. The molecule has 8 heteroatoms. The lowest BCUT2D eigenvalue weighted by molar-refractivity contribution is -0.128. The summed E-state index contributed by atoms with van der Waals surface area (Å²) in [5.41, 5.74) is 3.12. The summed E-state index contributed by atoms with van der Waals surface area (Å²) < 4.78 is 40.4. The number of methoxy groups -OCH3 is 1. The van der Waals surface area contributed by atoms with Gasteiger partial charge in [-0.05, 0) is 65.8 Å². The van der Waals surface area contributed by atoms with Crippen molar-refractivity contribution in [2.45, 2.75) is 63.5 Å². The number of fused-ring (bicyclic) bond motifs is 1. The van der Waals surface area contributed by atoms with E-state index >= 15 is 0 Å². The number of benzene rings is 3. The SMILES string of the molecule is CC[C@H](NC(=O)[C@@H]1CN(S(=O)(=O)c2ccccc2)c2cc(C(C)(C)C)ccc2O1)c1ccc(OC)c(C)c1. The Hall–Kier alpha value is -3.52. The number of amides is 1. The van der Waals surface area contributed by atoms with E-state index in [2.05, 4.69) is 26.1 Å². The third-order valence-electron chi connectivity index (χ3n) is 6.86. The van der Waals surface area contributed by atoms with Gasteiger partial charge in [-0.25, -0.2) is 8.42 Å². The van der Waals surface area contributed by atoms with Gasteiger partial charge in [0.15, 0.2) is 6.10 Å². The van der Waals surface area contributed by atoms with Crippen molar-refractivity contribution in [3.63, 3.8) is 0 Å². The number of carbonyl (C=O) groups excluding carboxylic acids is 1. The number of carbonyl (C=O) groups is 1. The Kier molecular flexibility index (Phi) is 7.74. The van der Waals surface area contributed by atoms with Gasteiger partial charge in [-0.2, -0.15) is 0 Å². The number of nitrogens with one attached hydrogen (secondary N) is 1. The second-order valence-electron chi connectivity index (χ2n) is 10.6. The number of nitrogens with zero attached hydrogens (tertiary/aromatic N) is 1. The molecule has 7 nitrogen and oxygen atoms in total. The highest BCUT2D eigenvalue weighted by Crippen LogP contribution is 2.40. The molecule has 0 saturated heterocycles. The van der Waals surface area contributed by atoms with Crippen LogP contribution in [0.25, 0.3) is 0 Å². The van der Waals surface area contributed by atoms with Crippen LogP contribution in [-0.2, 0) is 20.2 Å². The lowest BCUT2D eigenvalue weighted by atomic mass is 9.86. The zero-order valence-corrected chi connectivity index (χ0v) is 23.6. The quantitative estimate of drug-likeness (QED) is 0.430. The molecule has 0 radical (unpaired) electrons. The van der Waals surface area contributed by atoms with Crippen LogP contribution in [-0.4, -0.2) is 34.1 Å². The molecule has 1 amide bonds. The minimum Gasteiger partial charge on any atom is -0.496 e. The van der Waals surface area contributed by atoms with Gasteiger partial charge in [0, 0.05) is 0 Å². The monoisotopic (exact) mass is 536 g/mol. The van der Waals surface area contributed by atoms with Gasteiger partial charge in [0.25, 0.3) is 15.9 Å². The van der Waals surface area contributed by atoms with Crippen molar-refractivity contribution in [3.8, 4) is 11.5 Å². The number of aryl methyl sites for hydroxylation is 1. The van der Waals surface area contributed by atoms with Crippen molar-refractivity contribution in [1.29, 1.82) is 0 Å². The van der Waals surface area contributed by atoms with Gasteiger partial charge in [0.05, 0.1) is 30.3 Å². The minimum absolute atomic E-state index is 0.137. The van der Waals surface area contributed by atoms with Crippen LogP contribution in [0.4, 0.5) is 5.69 Å². The number of ether oxygens (including phenoxy) is 2. The zero-order chi connectivity index (χ0) is 27.7. The normalized spacial score (nSPS) is 16.3. The Morgan fingerprint density at radius 1 is 1.11 bits per heavy atom. The number of sulfonamides is 1. The Morgan fingerprint density at radius 3 is 2.42 bits per heavy atom. The molecule has 1 heterocycles. The number of hydrogen-bond donors (Lipinski definition) is 1. The van der Waals surface area contributed by atoms with Gasteiger partial charge in [-0.1, -0.05) is 64.1 Å². The summed E-state index contributed by atoms with van der Waals surface area (Å²) in [5.74, 6) is 0.764. The topological polar surface area (TPSA) is 84.9 Å². The Morgan fingerprint density at radius 2 is 1.82 bits per heavy atom. The molecule has 4 rings (SSSR count). The number of rotatable bonds is 7. The fourth-order valence-corrected chi connectivity index (χ4v) is 6.09. The van der Waals surface area contributed by atoms with Crippen molar-refractivity contribution in [3.05, 3.63) is 83.4 Å². The molecule has 0 fully saturated rings. The highest BCUT2D eigenvalue weighted by Gasteiger charge is 2.38. The van der Waals surface area contributed by atoms with E-state index in [4.69, 9.17) is 9.47 Å². The highest BCUT2D eigenvalue weighted by molar-refractivity contribution is 7.92. The van der Waals surface area contributed by atoms with E-state index in [-0.39, 0.29) is 28.8 Å². The minimum atomic E-state index is -3.94. The number of anilines is 1. The first-order valence-electron chi connectivity index (χ1n) is 12.8. The average molecular weight is 537 g/mol. The standard InChI is InChI=1S/C30H36N2O5S/c1-7-24(21-13-15-26(36-6)20(2)17-21)31-29(33)28-19-32(38(34,35)23-11-9-8-10-12-23)25-18-22(30(3,4)5)14-16-27(25)37-28/h8-18,24,28H,7,19H2,1-6H3,(H,31,33)/t24-,28-/m0/s1. The second-order valence-corrected chi connectivity index (χ2v) is 12.4. The molecule has 0 aliphatic carbocycles. The van der Waals surface area contributed by atoms with Gasteiger partial charge in [0.2, 0.25) is 0 Å². The fraction of sp³-hybridized carbons (Fsp3) is 0.367. The first-order valence-corrected chi connectivity index (χ1v) is 14.2. The maximum Gasteiger partial charge on any atom is 0.264 e. The van der Waals surface area contributed by atoms with Crippen LogP contribution in [0.3, 0.4) is 0 Å². The molecule has 1 N–H and O–H groups in total. The van der Waals surface area contributed by atoms with E-state index in [9.17, 15) is 13.2 Å². The lowest BCUT2D eigenvalue weighted by Crippen LogP contribution is -2.51. The number of hydrogen-bond acceptors (Lipinski definition) is 5. The molecule has 3 aromatic carbocycles. The first-order chi connectivity index (χ1) is 18.0. The average Bonchev–Trinajstić information content (AvgIpc) is 2.90. The predicted molar refractivity (Wildman–Crippen MR) is 149 cm³/mol. The smallest absolute Gasteiger partial charge is 0.264 e. The summed E-state index contributed by atoms with van der Waals surface area (Å²) in [7, 11) is -2.32. The van der Waals surface area contributed by atoms with E-state index in [0.29, 0.717) is 17.9 Å². The van der Waals surface area contributed by atoms with Crippen molar-refractivity contribution in [2.24, 2.45) is 0 Å². The first kappa shape index (κ1) is 27.5. The van der Waals surface area contributed by atoms with Crippen LogP contribution in [0.1, 0.15) is 56.8 Å². The molecule has 3 aromatic rings. The Bertz CT molecular complexity index is 1410. The van der Waals surface area contributed by atoms with Gasteiger partial charge >= 0.3 is 0 Å². The molecule has 0 saturated carbocycles. The fourth-order valence-electron chi connectivity index (χ4n) is 4.61. The third kappa shape index (κ3) is 5.50. The zero-order valence-electron chi connectivity index (χ0n) is 22.8. The molecule has 1 aliphatic heterocycles. The van der Waals surface area contributed by atoms with Crippen LogP contribution < -0.4 is 19.1 Å². The summed E-state index contributed by atoms with van der Waals surface area (Å²) in [6.45, 7) is 10.0. The summed E-state index contributed by atoms with van der Waals surface area (Å²) in [5, 5.41) is 3.07. The highest BCUT2D eigenvalue weighted by atomic mass is 32.2. The molecule has 0 spiro atoms. The molecule has 2 atom stereocenters. The third-order valence-corrected chi connectivity index (χ3v) is 8.66. The van der Waals surface area contributed by atoms with Crippen LogP contribution in [0.2, 0.25) is 0 Å². The maximum atomic E-state index is 13.8. The van der Waals surface area contributed by atoms with Crippen LogP contribution in [0.15, 0.2) is 71.6 Å². The predicted octanol–water partition coefficient (Wildman–Crippen LogP) is 5.52. The molecule has 38 heavy (non-hydrogen) atoms. The Balaban J connectivity index is 1.68. The molecule has 1 aliphatic rings. The summed E-state index contributed by atoms with van der Waals surface area (Å²) >= 11 is 0. The summed E-state index contributed by atoms with van der Waals surface area (Å²) in [6, 6.07) is 19.3. The molecule has 202 valence electrons. The van der Waals surface area contributed by atoms with Crippen molar-refractivity contribution >= 4 is 21.6 Å². The van der Waals surface area contributed by atoms with Gasteiger partial charge in [-0.3, -0.25) is 9.10 Å². The van der Waals surface area contributed by atoms with Crippen LogP contribution >= 0.6 is 0 Å². The van der Waals surface area contributed by atoms with Crippen molar-refractivity contribution in [2.75, 3.05) is 18.0 Å². The molecule has 0 unspecified atom stereocenters. The molecular formula is C30H36N2O5S. The molecule has 0 bridgehead atoms. The van der Waals surface area contributed by atoms with E-state index in [1.165, 1.54) is 4.31 Å². The van der Waals surface area contributed by atoms with Gasteiger partial charge < -0.3 is 14.8 Å². The lowest BCUT2D eigenvalue weighted by Gasteiger charge is -2.36. The maximum absolute atomic E-state index is 13.8. The second kappa shape index (κ2) is 10.7. The van der Waals surface area contributed by atoms with Crippen LogP contribution in [0, 0.1) is 6.92 Å². The van der Waals surface area contributed by atoms with Crippen molar-refractivity contribution in [1.82, 2.24) is 5.32 Å². The molecular weight excluding hydrogens is 500 g/mol. The van der Waals surface area contributed by atoms with E-state index in [1.54, 1.807) is 43.5 Å². The van der Waals surface area contributed by atoms with E-state index in [1.807, 2.05) is 44.2 Å². The summed E-state index contributed by atoms with van der Waals surface area (Å²) in [4.78, 5) is 13.7. The van der Waals surface area contributed by atoms with E-state index < -0.39 is 16.1 Å². The van der Waals surface area contributed by atoms with E-state index in [0.717, 1.165) is 22.4 Å². The van der Waals surface area contributed by atoms with Crippen molar-refractivity contribution < 1.29 is 22.7 Å². The van der Waals surface area contributed by atoms with Crippen LogP contribution in [0.5, 0.6) is 11.5 Å². The van der Waals surface area contributed by atoms with Gasteiger partial charge in [-0.15, -0.1) is 0 Å². The Labute approximate surface area is 225 Å². The largest absolute Gasteiger partial charge is 0.496 e. The van der Waals surface area contributed by atoms with Gasteiger partial charge in [0.1, 0.15) is 11.5 Å².